The van der Waals surface area contributed by atoms with Crippen LogP contribution >= 0.6 is 0 Å². The molecule has 2 rings (SSSR count). The van der Waals surface area contributed by atoms with E-state index in [0.29, 0.717) is 18.3 Å². The van der Waals surface area contributed by atoms with Gasteiger partial charge in [0.15, 0.2) is 0 Å². The van der Waals surface area contributed by atoms with Gasteiger partial charge in [-0.2, -0.15) is 0 Å². The SMILES string of the molecule is CCC1C(CC(=O)O)[C@@H]2C[C@H](C)C[C@H]12. The summed E-state index contributed by atoms with van der Waals surface area (Å²) < 4.78 is 0. The summed E-state index contributed by atoms with van der Waals surface area (Å²) in [5.74, 6) is 3.03. The molecule has 0 aromatic carbocycles. The summed E-state index contributed by atoms with van der Waals surface area (Å²) in [6.07, 6.45) is 4.20. The lowest BCUT2D eigenvalue weighted by molar-refractivity contribution is -0.142. The van der Waals surface area contributed by atoms with Crippen LogP contribution in [0, 0.1) is 29.6 Å². The molecule has 2 nitrogen and oxygen atoms in total. The van der Waals surface area contributed by atoms with E-state index in [4.69, 9.17) is 5.11 Å². The van der Waals surface area contributed by atoms with Crippen molar-refractivity contribution in [1.29, 1.82) is 0 Å². The summed E-state index contributed by atoms with van der Waals surface area (Å²) in [6.45, 7) is 4.52. The van der Waals surface area contributed by atoms with Crippen molar-refractivity contribution in [3.05, 3.63) is 0 Å². The average molecular weight is 196 g/mol. The van der Waals surface area contributed by atoms with Gasteiger partial charge in [0.1, 0.15) is 0 Å². The van der Waals surface area contributed by atoms with Crippen LogP contribution in [0.5, 0.6) is 0 Å². The normalized spacial score (nSPS) is 45.7. The number of rotatable bonds is 3. The summed E-state index contributed by atoms with van der Waals surface area (Å²) in [5.41, 5.74) is 0. The third-order valence-corrected chi connectivity index (χ3v) is 4.43. The van der Waals surface area contributed by atoms with Crippen LogP contribution in [0.4, 0.5) is 0 Å². The third kappa shape index (κ3) is 1.45. The van der Waals surface area contributed by atoms with E-state index >= 15 is 0 Å². The van der Waals surface area contributed by atoms with Crippen LogP contribution in [-0.2, 0) is 4.79 Å². The molecule has 1 N–H and O–H groups in total. The summed E-state index contributed by atoms with van der Waals surface area (Å²) in [4.78, 5) is 10.7. The number of carbonyl (C=O) groups is 1. The second-order valence-electron chi connectivity index (χ2n) is 5.24. The Balaban J connectivity index is 2.00. The van der Waals surface area contributed by atoms with Gasteiger partial charge in [-0.25, -0.2) is 0 Å². The number of hydrogen-bond acceptors (Lipinski definition) is 1. The minimum Gasteiger partial charge on any atom is -0.481 e. The smallest absolute Gasteiger partial charge is 0.303 e. The highest BCUT2D eigenvalue weighted by molar-refractivity contribution is 5.67. The second-order valence-corrected chi connectivity index (χ2v) is 5.24. The number of fused-ring (bicyclic) bond motifs is 1. The molecule has 0 aromatic rings. The van der Waals surface area contributed by atoms with E-state index in [-0.39, 0.29) is 0 Å². The lowest BCUT2D eigenvalue weighted by Crippen LogP contribution is -2.44. The highest BCUT2D eigenvalue weighted by Gasteiger charge is 2.53. The highest BCUT2D eigenvalue weighted by Crippen LogP contribution is 2.59. The van der Waals surface area contributed by atoms with Crippen LogP contribution in [0.15, 0.2) is 0 Å². The molecule has 0 aromatic heterocycles. The summed E-state index contributed by atoms with van der Waals surface area (Å²) in [6, 6.07) is 0. The van der Waals surface area contributed by atoms with E-state index in [0.717, 1.165) is 17.8 Å². The Morgan fingerprint density at radius 1 is 1.29 bits per heavy atom. The Morgan fingerprint density at radius 2 is 1.86 bits per heavy atom. The molecular formula is C12H20O2. The Morgan fingerprint density at radius 3 is 2.36 bits per heavy atom. The predicted molar refractivity (Wildman–Crippen MR) is 54.9 cm³/mol. The summed E-state index contributed by atoms with van der Waals surface area (Å²) in [5, 5.41) is 8.85. The molecule has 0 aliphatic heterocycles. The Kier molecular flexibility index (Phi) is 2.54. The topological polar surface area (TPSA) is 37.3 Å². The molecule has 0 radical (unpaired) electrons. The van der Waals surface area contributed by atoms with Crippen molar-refractivity contribution in [2.45, 2.75) is 39.5 Å². The van der Waals surface area contributed by atoms with Crippen LogP contribution in [0.1, 0.15) is 39.5 Å². The van der Waals surface area contributed by atoms with Gasteiger partial charge in [-0.15, -0.1) is 0 Å². The Hall–Kier alpha value is -0.530. The molecule has 2 saturated carbocycles. The van der Waals surface area contributed by atoms with E-state index < -0.39 is 5.97 Å². The lowest BCUT2D eigenvalue weighted by Gasteiger charge is -2.48. The largest absolute Gasteiger partial charge is 0.481 e. The molecule has 2 aliphatic carbocycles. The van der Waals surface area contributed by atoms with Gasteiger partial charge in [-0.3, -0.25) is 4.79 Å². The number of aliphatic carboxylic acids is 1. The maximum Gasteiger partial charge on any atom is 0.303 e. The standard InChI is InChI=1S/C12H20O2/c1-3-8-9-4-7(2)5-10(9)11(8)6-12(13)14/h7-11H,3-6H2,1-2H3,(H,13,14)/t7-,8?,9-,10-,11?/m1/s1. The maximum atomic E-state index is 10.7. The predicted octanol–water partition coefficient (Wildman–Crippen LogP) is 2.78. The molecule has 0 heterocycles. The fourth-order valence-corrected chi connectivity index (χ4v) is 3.96. The van der Waals surface area contributed by atoms with Crippen molar-refractivity contribution in [3.8, 4) is 0 Å². The molecular weight excluding hydrogens is 176 g/mol. The Labute approximate surface area is 85.7 Å². The number of hydrogen-bond donors (Lipinski definition) is 1. The fraction of sp³-hybridized carbons (Fsp3) is 0.917. The van der Waals surface area contributed by atoms with Crippen molar-refractivity contribution in [2.24, 2.45) is 29.6 Å². The Bertz CT molecular complexity index is 230. The average Bonchev–Trinajstić information content (AvgIpc) is 2.42. The van der Waals surface area contributed by atoms with Crippen LogP contribution in [0.25, 0.3) is 0 Å². The molecule has 2 fully saturated rings. The first kappa shape index (κ1) is 10.0. The van der Waals surface area contributed by atoms with Gasteiger partial charge in [-0.05, 0) is 42.4 Å². The fourth-order valence-electron chi connectivity index (χ4n) is 3.96. The van der Waals surface area contributed by atoms with Crippen LogP contribution < -0.4 is 0 Å². The molecule has 2 unspecified atom stereocenters. The van der Waals surface area contributed by atoms with Crippen LogP contribution in [0.3, 0.4) is 0 Å². The zero-order valence-electron chi connectivity index (χ0n) is 9.07. The first-order valence-electron chi connectivity index (χ1n) is 5.85. The minimum absolute atomic E-state index is 0.409. The molecule has 80 valence electrons. The van der Waals surface area contributed by atoms with Crippen molar-refractivity contribution in [2.75, 3.05) is 0 Å². The van der Waals surface area contributed by atoms with Crippen molar-refractivity contribution in [3.63, 3.8) is 0 Å². The van der Waals surface area contributed by atoms with Gasteiger partial charge in [-0.1, -0.05) is 20.3 Å². The molecule has 0 bridgehead atoms. The first-order valence-corrected chi connectivity index (χ1v) is 5.85. The van der Waals surface area contributed by atoms with Crippen LogP contribution in [0.2, 0.25) is 0 Å². The second kappa shape index (κ2) is 3.56. The van der Waals surface area contributed by atoms with Crippen molar-refractivity contribution >= 4 is 5.97 Å². The monoisotopic (exact) mass is 196 g/mol. The lowest BCUT2D eigenvalue weighted by atomic mass is 9.56. The number of carboxylic acid groups (broad SMARTS) is 1. The summed E-state index contributed by atoms with van der Waals surface area (Å²) >= 11 is 0. The van der Waals surface area contributed by atoms with E-state index in [1.54, 1.807) is 0 Å². The molecule has 0 spiro atoms. The maximum absolute atomic E-state index is 10.7. The van der Waals surface area contributed by atoms with E-state index in [1.165, 1.54) is 19.3 Å². The first-order chi connectivity index (χ1) is 6.63. The zero-order valence-corrected chi connectivity index (χ0v) is 9.07. The summed E-state index contributed by atoms with van der Waals surface area (Å²) in [7, 11) is 0. The molecule has 0 amide bonds. The van der Waals surface area contributed by atoms with Gasteiger partial charge < -0.3 is 5.11 Å². The zero-order chi connectivity index (χ0) is 10.3. The molecule has 14 heavy (non-hydrogen) atoms. The third-order valence-electron chi connectivity index (χ3n) is 4.43. The van der Waals surface area contributed by atoms with Gasteiger partial charge in [0.2, 0.25) is 0 Å². The molecule has 5 atom stereocenters. The van der Waals surface area contributed by atoms with Gasteiger partial charge >= 0.3 is 5.97 Å². The van der Waals surface area contributed by atoms with Gasteiger partial charge in [0.25, 0.3) is 0 Å². The van der Waals surface area contributed by atoms with Gasteiger partial charge in [0.05, 0.1) is 0 Å². The molecule has 2 aliphatic rings. The molecule has 0 saturated heterocycles. The van der Waals surface area contributed by atoms with E-state index in [9.17, 15) is 4.79 Å². The van der Waals surface area contributed by atoms with Gasteiger partial charge in [0, 0.05) is 6.42 Å². The van der Waals surface area contributed by atoms with Crippen molar-refractivity contribution in [1.82, 2.24) is 0 Å². The number of carboxylic acids is 1. The molecule has 2 heteroatoms. The minimum atomic E-state index is -0.605. The quantitative estimate of drug-likeness (QED) is 0.753. The highest BCUT2D eigenvalue weighted by atomic mass is 16.4. The van der Waals surface area contributed by atoms with E-state index in [2.05, 4.69) is 13.8 Å². The van der Waals surface area contributed by atoms with E-state index in [1.807, 2.05) is 0 Å². The van der Waals surface area contributed by atoms with Crippen LogP contribution in [-0.4, -0.2) is 11.1 Å². The van der Waals surface area contributed by atoms with Crippen molar-refractivity contribution < 1.29 is 9.90 Å².